The van der Waals surface area contributed by atoms with Crippen molar-refractivity contribution in [3.8, 4) is 11.4 Å². The SMILES string of the molecule is CCS(=O)(=O)c1cc(NC=S)c(I)cc1-c1nc2cc(C(F)(F)F)ncc2n1C. The second-order valence-corrected chi connectivity index (χ2v) is 9.69. The molecular weight excluding hydrogens is 540 g/mol. The molecule has 2 aromatic heterocycles. The number of sulfone groups is 1. The number of hydrogen-bond donors (Lipinski definition) is 1. The molecule has 0 aliphatic carbocycles. The fourth-order valence-corrected chi connectivity index (χ4v) is 4.64. The van der Waals surface area contributed by atoms with Crippen molar-refractivity contribution in [1.82, 2.24) is 14.5 Å². The zero-order valence-corrected chi connectivity index (χ0v) is 18.9. The van der Waals surface area contributed by atoms with E-state index >= 15 is 0 Å². The average Bonchev–Trinajstić information content (AvgIpc) is 2.98. The molecule has 0 unspecified atom stereocenters. The van der Waals surface area contributed by atoms with Gasteiger partial charge in [-0.25, -0.2) is 18.4 Å². The van der Waals surface area contributed by atoms with E-state index in [0.29, 0.717) is 20.3 Å². The number of benzene rings is 1. The molecule has 0 bridgehead atoms. The monoisotopic (exact) mass is 554 g/mol. The lowest BCUT2D eigenvalue weighted by molar-refractivity contribution is -0.141. The normalized spacial score (nSPS) is 12.3. The Bertz CT molecular complexity index is 1220. The van der Waals surface area contributed by atoms with Crippen LogP contribution in [-0.4, -0.2) is 34.2 Å². The van der Waals surface area contributed by atoms with Crippen molar-refractivity contribution in [2.24, 2.45) is 7.05 Å². The van der Waals surface area contributed by atoms with E-state index in [1.807, 2.05) is 22.6 Å². The van der Waals surface area contributed by atoms with E-state index in [4.69, 9.17) is 12.2 Å². The number of halogens is 4. The van der Waals surface area contributed by atoms with Crippen LogP contribution < -0.4 is 5.32 Å². The number of nitrogens with one attached hydrogen (secondary N) is 1. The Morgan fingerprint density at radius 3 is 2.59 bits per heavy atom. The van der Waals surface area contributed by atoms with Crippen LogP contribution in [-0.2, 0) is 23.1 Å². The molecule has 0 spiro atoms. The predicted molar refractivity (Wildman–Crippen MR) is 117 cm³/mol. The van der Waals surface area contributed by atoms with Crippen LogP contribution in [0, 0.1) is 3.57 Å². The fourth-order valence-electron chi connectivity index (χ4n) is 2.80. The van der Waals surface area contributed by atoms with Gasteiger partial charge in [-0.2, -0.15) is 13.2 Å². The molecule has 6 nitrogen and oxygen atoms in total. The first-order valence-corrected chi connectivity index (χ1v) is 11.4. The summed E-state index contributed by atoms with van der Waals surface area (Å²) in [5.41, 5.74) is 1.42. The minimum absolute atomic E-state index is 0.0159. The first-order valence-electron chi connectivity index (χ1n) is 8.16. The van der Waals surface area contributed by atoms with Crippen LogP contribution in [0.5, 0.6) is 0 Å². The van der Waals surface area contributed by atoms with Crippen LogP contribution in [0.2, 0.25) is 0 Å². The fraction of sp³-hybridized carbons (Fsp3) is 0.235. The summed E-state index contributed by atoms with van der Waals surface area (Å²) in [6.45, 7) is 1.51. The Morgan fingerprint density at radius 2 is 2.00 bits per heavy atom. The lowest BCUT2D eigenvalue weighted by Crippen LogP contribution is -2.09. The average molecular weight is 554 g/mol. The van der Waals surface area contributed by atoms with Crippen LogP contribution in [0.4, 0.5) is 18.9 Å². The number of aromatic nitrogens is 3. The summed E-state index contributed by atoms with van der Waals surface area (Å²) < 4.78 is 66.6. The second kappa shape index (κ2) is 7.80. The van der Waals surface area contributed by atoms with Gasteiger partial charge in [0.25, 0.3) is 0 Å². The number of hydrogen-bond acceptors (Lipinski definition) is 5. The molecule has 3 aromatic rings. The molecule has 0 saturated heterocycles. The van der Waals surface area contributed by atoms with Gasteiger partial charge in [0.1, 0.15) is 11.5 Å². The number of fused-ring (bicyclic) bond motifs is 1. The van der Waals surface area contributed by atoms with E-state index in [0.717, 1.165) is 12.3 Å². The Hall–Kier alpha value is -1.80. The molecule has 0 amide bonds. The van der Waals surface area contributed by atoms with E-state index in [1.165, 1.54) is 23.0 Å². The quantitative estimate of drug-likeness (QED) is 0.372. The lowest BCUT2D eigenvalue weighted by Gasteiger charge is -2.13. The number of imidazole rings is 1. The molecule has 0 fully saturated rings. The van der Waals surface area contributed by atoms with Gasteiger partial charge in [-0.3, -0.25) is 0 Å². The first kappa shape index (κ1) is 21.9. The smallest absolute Gasteiger partial charge is 0.352 e. The summed E-state index contributed by atoms with van der Waals surface area (Å²) in [5.74, 6) is 0.0707. The first-order chi connectivity index (χ1) is 13.5. The molecule has 12 heteroatoms. The summed E-state index contributed by atoms with van der Waals surface area (Å²) in [6.07, 6.45) is -3.53. The van der Waals surface area contributed by atoms with Gasteiger partial charge in [0.15, 0.2) is 9.84 Å². The standard InChI is InChI=1S/C17H14F3IN4O2S2/c1-3-29(26,27)14-5-11(23-8-28)10(21)4-9(14)16-24-12-6-15(17(18,19)20)22-7-13(12)25(16)2/h4-8H,3H2,1-2H3,(H,23,28). The highest BCUT2D eigenvalue weighted by atomic mass is 127. The largest absolute Gasteiger partial charge is 0.433 e. The van der Waals surface area contributed by atoms with E-state index < -0.39 is 21.7 Å². The van der Waals surface area contributed by atoms with Gasteiger partial charge in [-0.1, -0.05) is 19.1 Å². The zero-order chi connectivity index (χ0) is 21.6. The van der Waals surface area contributed by atoms with Crippen molar-refractivity contribution >= 4 is 66.9 Å². The number of pyridine rings is 1. The molecule has 1 N–H and O–H groups in total. The van der Waals surface area contributed by atoms with E-state index in [2.05, 4.69) is 15.3 Å². The number of alkyl halides is 3. The van der Waals surface area contributed by atoms with Gasteiger partial charge in [0.05, 0.1) is 39.1 Å². The highest BCUT2D eigenvalue weighted by Gasteiger charge is 2.33. The predicted octanol–water partition coefficient (Wildman–Crippen LogP) is 4.42. The minimum Gasteiger partial charge on any atom is -0.352 e. The van der Waals surface area contributed by atoms with Crippen LogP contribution in [0.3, 0.4) is 0 Å². The highest BCUT2D eigenvalue weighted by Crippen LogP contribution is 2.36. The van der Waals surface area contributed by atoms with Gasteiger partial charge >= 0.3 is 6.18 Å². The van der Waals surface area contributed by atoms with Crippen molar-refractivity contribution in [1.29, 1.82) is 0 Å². The molecule has 2 heterocycles. The lowest BCUT2D eigenvalue weighted by atomic mass is 10.2. The third-order valence-electron chi connectivity index (χ3n) is 4.30. The Balaban J connectivity index is 2.32. The molecule has 0 radical (unpaired) electrons. The summed E-state index contributed by atoms with van der Waals surface area (Å²) in [4.78, 5) is 7.76. The Morgan fingerprint density at radius 1 is 1.31 bits per heavy atom. The van der Waals surface area contributed by atoms with Gasteiger partial charge in [-0.15, -0.1) is 0 Å². The van der Waals surface area contributed by atoms with Gasteiger partial charge in [0, 0.05) is 16.2 Å². The molecular formula is C17H14F3IN4O2S2. The van der Waals surface area contributed by atoms with Gasteiger partial charge in [-0.05, 0) is 40.8 Å². The topological polar surface area (TPSA) is 76.9 Å². The molecule has 1 aromatic carbocycles. The maximum Gasteiger partial charge on any atom is 0.433 e. The third-order valence-corrected chi connectivity index (χ3v) is 7.08. The maximum absolute atomic E-state index is 13.0. The molecule has 0 saturated carbocycles. The molecule has 29 heavy (non-hydrogen) atoms. The van der Waals surface area contributed by atoms with Crippen LogP contribution in [0.25, 0.3) is 22.4 Å². The highest BCUT2D eigenvalue weighted by molar-refractivity contribution is 14.1. The molecule has 0 aliphatic rings. The Kier molecular flexibility index (Phi) is 5.89. The molecule has 0 aliphatic heterocycles. The maximum atomic E-state index is 13.0. The van der Waals surface area contributed by atoms with Crippen molar-refractivity contribution < 1.29 is 21.6 Å². The van der Waals surface area contributed by atoms with Crippen molar-refractivity contribution in [2.75, 3.05) is 11.1 Å². The van der Waals surface area contributed by atoms with Gasteiger partial charge < -0.3 is 9.88 Å². The van der Waals surface area contributed by atoms with Crippen LogP contribution >= 0.6 is 34.8 Å². The van der Waals surface area contributed by atoms with Gasteiger partial charge in [0.2, 0.25) is 0 Å². The van der Waals surface area contributed by atoms with Crippen LogP contribution in [0.15, 0.2) is 29.3 Å². The minimum atomic E-state index is -4.61. The third kappa shape index (κ3) is 4.10. The summed E-state index contributed by atoms with van der Waals surface area (Å²) in [6, 6.07) is 3.92. The zero-order valence-electron chi connectivity index (χ0n) is 15.1. The summed E-state index contributed by atoms with van der Waals surface area (Å²) in [7, 11) is -2.07. The number of aryl methyl sites for hydroxylation is 1. The number of nitrogens with zero attached hydrogens (tertiary/aromatic N) is 3. The summed E-state index contributed by atoms with van der Waals surface area (Å²) >= 11 is 6.80. The summed E-state index contributed by atoms with van der Waals surface area (Å²) in [5, 5.41) is 2.81. The van der Waals surface area contributed by atoms with Crippen molar-refractivity contribution in [2.45, 2.75) is 18.0 Å². The second-order valence-electron chi connectivity index (χ2n) is 6.04. The number of thiocarbonyl (C=S) groups is 1. The van der Waals surface area contributed by atoms with E-state index in [-0.39, 0.29) is 22.0 Å². The molecule has 0 atom stereocenters. The number of anilines is 1. The van der Waals surface area contributed by atoms with Crippen LogP contribution in [0.1, 0.15) is 12.6 Å². The van der Waals surface area contributed by atoms with E-state index in [9.17, 15) is 21.6 Å². The molecule has 3 rings (SSSR count). The van der Waals surface area contributed by atoms with Crippen molar-refractivity contribution in [3.63, 3.8) is 0 Å². The Labute approximate surface area is 183 Å². The number of rotatable bonds is 5. The van der Waals surface area contributed by atoms with E-state index in [1.54, 1.807) is 13.1 Å². The van der Waals surface area contributed by atoms with Crippen molar-refractivity contribution in [3.05, 3.63) is 33.7 Å². The molecule has 154 valence electrons.